The fraction of sp³-hybridized carbons (Fsp3) is 0.385. The monoisotopic (exact) mass is 500 g/mol. The van der Waals surface area contributed by atoms with Gasteiger partial charge in [-0.05, 0) is 42.2 Å². The molecule has 2 fully saturated rings. The molecule has 0 unspecified atom stereocenters. The number of hydrogen-bond acceptors (Lipinski definition) is 11. The molecule has 0 saturated carbocycles. The molecule has 0 bridgehead atoms. The summed E-state index contributed by atoms with van der Waals surface area (Å²) in [7, 11) is 0. The molecule has 11 heteroatoms. The Morgan fingerprint density at radius 2 is 1.19 bits per heavy atom. The summed E-state index contributed by atoms with van der Waals surface area (Å²) < 4.78 is 0. The summed E-state index contributed by atoms with van der Waals surface area (Å²) in [6.07, 6.45) is 1.51. The lowest BCUT2D eigenvalue weighted by Crippen LogP contribution is -2.54. The second-order valence-electron chi connectivity index (χ2n) is 10.3. The van der Waals surface area contributed by atoms with Gasteiger partial charge in [0.15, 0.2) is 5.78 Å². The van der Waals surface area contributed by atoms with Crippen LogP contribution < -0.4 is 38.1 Å². The minimum atomic E-state index is -0.0634. The van der Waals surface area contributed by atoms with E-state index in [9.17, 15) is 4.79 Å². The molecular weight excluding hydrogens is 468 g/mol. The van der Waals surface area contributed by atoms with Crippen molar-refractivity contribution in [2.24, 2.45) is 22.9 Å². The van der Waals surface area contributed by atoms with Crippen LogP contribution in [0.25, 0.3) is 11.1 Å². The zero-order chi connectivity index (χ0) is 25.7. The second kappa shape index (κ2) is 9.34. The van der Waals surface area contributed by atoms with Crippen molar-refractivity contribution in [3.8, 4) is 11.1 Å². The van der Waals surface area contributed by atoms with Gasteiger partial charge in [0.25, 0.3) is 0 Å². The Hall–Kier alpha value is -3.64. The Kier molecular flexibility index (Phi) is 6.00. The SMILES string of the molecule is N[C@@H]1C[C@H](N)CN(c2nc(Nc3ccc4c(c3)-c3ccccc3C4=O)nc(N3C[C@H](N)C[C@H](N)C3)n2)C1. The molecule has 11 nitrogen and oxygen atoms in total. The summed E-state index contributed by atoms with van der Waals surface area (Å²) in [4.78, 5) is 31.1. The highest BCUT2D eigenvalue weighted by Crippen LogP contribution is 2.38. The highest BCUT2D eigenvalue weighted by atomic mass is 16.1. The number of nitrogens with one attached hydrogen (secondary N) is 1. The third kappa shape index (κ3) is 4.62. The normalized spacial score (nSPS) is 25.1. The average molecular weight is 501 g/mol. The number of nitrogens with zero attached hydrogens (tertiary/aromatic N) is 5. The van der Waals surface area contributed by atoms with Gasteiger partial charge in [0, 0.05) is 67.2 Å². The number of piperidine rings is 2. The van der Waals surface area contributed by atoms with E-state index < -0.39 is 0 Å². The van der Waals surface area contributed by atoms with Crippen molar-refractivity contribution in [2.75, 3.05) is 41.3 Å². The van der Waals surface area contributed by atoms with Crippen molar-refractivity contribution in [3.63, 3.8) is 0 Å². The lowest BCUT2D eigenvalue weighted by Gasteiger charge is -2.37. The number of nitrogens with two attached hydrogens (primary N) is 4. The Morgan fingerprint density at radius 3 is 1.76 bits per heavy atom. The van der Waals surface area contributed by atoms with Crippen LogP contribution in [-0.2, 0) is 0 Å². The topological polar surface area (TPSA) is 178 Å². The number of rotatable bonds is 4. The van der Waals surface area contributed by atoms with E-state index >= 15 is 0 Å². The highest BCUT2D eigenvalue weighted by Gasteiger charge is 2.29. The van der Waals surface area contributed by atoms with E-state index in [2.05, 4.69) is 5.32 Å². The first kappa shape index (κ1) is 23.7. The van der Waals surface area contributed by atoms with E-state index in [1.165, 1.54) is 0 Å². The number of aromatic nitrogens is 3. The molecule has 2 aliphatic heterocycles. The molecule has 1 aromatic heterocycles. The van der Waals surface area contributed by atoms with E-state index in [-0.39, 0.29) is 30.0 Å². The molecule has 192 valence electrons. The lowest BCUT2D eigenvalue weighted by atomic mass is 10.0. The van der Waals surface area contributed by atoms with Gasteiger partial charge in [-0.15, -0.1) is 0 Å². The van der Waals surface area contributed by atoms with E-state index in [1.807, 2.05) is 52.3 Å². The Morgan fingerprint density at radius 1 is 0.676 bits per heavy atom. The van der Waals surface area contributed by atoms with Crippen LogP contribution >= 0.6 is 0 Å². The van der Waals surface area contributed by atoms with Crippen molar-refractivity contribution >= 4 is 29.3 Å². The first-order valence-electron chi connectivity index (χ1n) is 12.7. The number of ketones is 1. The molecule has 0 amide bonds. The fourth-order valence-corrected chi connectivity index (χ4v) is 5.61. The summed E-state index contributed by atoms with van der Waals surface area (Å²) in [6, 6.07) is 13.1. The van der Waals surface area contributed by atoms with E-state index in [4.69, 9.17) is 37.9 Å². The summed E-state index contributed by atoms with van der Waals surface area (Å²) >= 11 is 0. The maximum absolute atomic E-state index is 12.8. The second-order valence-corrected chi connectivity index (χ2v) is 10.3. The van der Waals surface area contributed by atoms with E-state index in [1.54, 1.807) is 0 Å². The Bertz CT molecular complexity index is 1280. The van der Waals surface area contributed by atoms with Gasteiger partial charge in [-0.25, -0.2) is 0 Å². The molecule has 3 aliphatic rings. The summed E-state index contributed by atoms with van der Waals surface area (Å²) in [5.74, 6) is 1.44. The first-order valence-corrected chi connectivity index (χ1v) is 12.7. The minimum Gasteiger partial charge on any atom is -0.338 e. The van der Waals surface area contributed by atoms with Crippen molar-refractivity contribution in [1.82, 2.24) is 15.0 Å². The summed E-state index contributed by atoms with van der Waals surface area (Å²) in [5, 5.41) is 3.33. The van der Waals surface area contributed by atoms with Gasteiger partial charge in [-0.2, -0.15) is 15.0 Å². The predicted octanol–water partition coefficient (Wildman–Crippen LogP) is 0.556. The van der Waals surface area contributed by atoms with Crippen LogP contribution in [0.15, 0.2) is 42.5 Å². The number of fused-ring (bicyclic) bond motifs is 3. The van der Waals surface area contributed by atoms with Gasteiger partial charge >= 0.3 is 0 Å². The molecule has 3 aromatic rings. The zero-order valence-electron chi connectivity index (χ0n) is 20.5. The van der Waals surface area contributed by atoms with Crippen molar-refractivity contribution < 1.29 is 4.79 Å². The van der Waals surface area contributed by atoms with Crippen LogP contribution in [0, 0.1) is 0 Å². The molecule has 0 spiro atoms. The zero-order valence-corrected chi connectivity index (χ0v) is 20.5. The third-order valence-corrected chi connectivity index (χ3v) is 7.19. The number of benzene rings is 2. The summed E-state index contributed by atoms with van der Waals surface area (Å²) in [6.45, 7) is 2.42. The van der Waals surface area contributed by atoms with Crippen LogP contribution in [-0.4, -0.2) is 71.1 Å². The molecule has 1 aliphatic carbocycles. The van der Waals surface area contributed by atoms with Gasteiger partial charge in [-0.1, -0.05) is 24.3 Å². The molecule has 9 N–H and O–H groups in total. The molecule has 6 rings (SSSR count). The number of hydrogen-bond donors (Lipinski definition) is 5. The Balaban J connectivity index is 1.36. The maximum atomic E-state index is 12.8. The maximum Gasteiger partial charge on any atom is 0.233 e. The largest absolute Gasteiger partial charge is 0.338 e. The number of anilines is 4. The van der Waals surface area contributed by atoms with Gasteiger partial charge in [0.05, 0.1) is 0 Å². The lowest BCUT2D eigenvalue weighted by molar-refractivity contribution is 0.104. The standard InChI is InChI=1S/C26H32N10O/c27-14-7-15(28)11-35(10-14)25-32-24(33-26(34-25)36-12-16(29)8-17(30)13-36)31-18-5-6-21-22(9-18)19-3-1-2-4-20(19)23(21)37/h1-6,9,14-17H,7-8,10-13,27-30H2,(H,31,32,33,34)/t14-,15+,16-,17+. The van der Waals surface area contributed by atoms with Crippen LogP contribution in [0.5, 0.6) is 0 Å². The molecule has 2 aromatic carbocycles. The van der Waals surface area contributed by atoms with Crippen molar-refractivity contribution in [1.29, 1.82) is 0 Å². The third-order valence-electron chi connectivity index (χ3n) is 7.19. The quantitative estimate of drug-likeness (QED) is 0.264. The molecule has 4 atom stereocenters. The fourth-order valence-electron chi connectivity index (χ4n) is 5.61. The highest BCUT2D eigenvalue weighted by molar-refractivity contribution is 6.22. The number of carbonyl (C=O) groups is 1. The summed E-state index contributed by atoms with van der Waals surface area (Å²) in [5.41, 5.74) is 29.0. The van der Waals surface area contributed by atoms with Crippen LogP contribution in [0.2, 0.25) is 0 Å². The van der Waals surface area contributed by atoms with Gasteiger partial charge in [0.1, 0.15) is 0 Å². The van der Waals surface area contributed by atoms with Gasteiger partial charge < -0.3 is 38.1 Å². The van der Waals surface area contributed by atoms with Gasteiger partial charge in [0.2, 0.25) is 17.8 Å². The molecule has 37 heavy (non-hydrogen) atoms. The minimum absolute atomic E-state index is 0.0393. The Labute approximate surface area is 215 Å². The molecular formula is C26H32N10O. The van der Waals surface area contributed by atoms with E-state index in [0.29, 0.717) is 49.6 Å². The van der Waals surface area contributed by atoms with E-state index in [0.717, 1.165) is 35.2 Å². The van der Waals surface area contributed by atoms with Crippen LogP contribution in [0.3, 0.4) is 0 Å². The average Bonchev–Trinajstić information content (AvgIpc) is 3.14. The van der Waals surface area contributed by atoms with Crippen LogP contribution in [0.1, 0.15) is 28.8 Å². The first-order chi connectivity index (χ1) is 17.8. The van der Waals surface area contributed by atoms with Crippen molar-refractivity contribution in [3.05, 3.63) is 53.6 Å². The molecule has 0 radical (unpaired) electrons. The van der Waals surface area contributed by atoms with Crippen LogP contribution in [0.4, 0.5) is 23.5 Å². The molecule has 2 saturated heterocycles. The molecule has 3 heterocycles. The number of carbonyl (C=O) groups excluding carboxylic acids is 1. The predicted molar refractivity (Wildman–Crippen MR) is 144 cm³/mol. The smallest absolute Gasteiger partial charge is 0.233 e. The van der Waals surface area contributed by atoms with Crippen molar-refractivity contribution in [2.45, 2.75) is 37.0 Å². The van der Waals surface area contributed by atoms with Gasteiger partial charge in [-0.3, -0.25) is 4.79 Å².